The third-order valence-corrected chi connectivity index (χ3v) is 11.8. The quantitative estimate of drug-likeness (QED) is 0.215. The van der Waals surface area contributed by atoms with E-state index in [9.17, 15) is 14.4 Å². The molecule has 1 aliphatic carbocycles. The van der Waals surface area contributed by atoms with Crippen molar-refractivity contribution in [3.05, 3.63) is 72.1 Å². The minimum atomic E-state index is -0.245. The molecule has 4 aliphatic rings. The maximum absolute atomic E-state index is 13.1. The minimum absolute atomic E-state index is 0.00495. The average Bonchev–Trinajstić information content (AvgIpc) is 3.84. The fourth-order valence-electron chi connectivity index (χ4n) is 8.76. The monoisotopic (exact) mass is 717 g/mol. The molecule has 1 saturated carbocycles. The van der Waals surface area contributed by atoms with Crippen molar-refractivity contribution < 1.29 is 14.4 Å². The summed E-state index contributed by atoms with van der Waals surface area (Å²) in [5, 5.41) is 6.79. The fourth-order valence-corrected chi connectivity index (χ4v) is 8.76. The average molecular weight is 718 g/mol. The number of imide groups is 1. The van der Waals surface area contributed by atoms with Gasteiger partial charge >= 0.3 is 0 Å². The number of nitrogens with one attached hydrogen (secondary N) is 2. The molecule has 3 amide bonds. The van der Waals surface area contributed by atoms with Crippen molar-refractivity contribution in [3.8, 4) is 0 Å². The number of aromatic nitrogens is 3. The predicted octanol–water partition coefficient (Wildman–Crippen LogP) is 5.55. The van der Waals surface area contributed by atoms with Gasteiger partial charge in [0.15, 0.2) is 0 Å². The van der Waals surface area contributed by atoms with Crippen LogP contribution in [0.3, 0.4) is 0 Å². The van der Waals surface area contributed by atoms with Crippen LogP contribution in [0.2, 0.25) is 0 Å². The summed E-state index contributed by atoms with van der Waals surface area (Å²) in [6, 6.07) is 19.1. The topological polar surface area (TPSA) is 119 Å². The molecule has 4 fully saturated rings. The first-order chi connectivity index (χ1) is 25.8. The van der Waals surface area contributed by atoms with E-state index in [1.54, 1.807) is 19.0 Å². The Labute approximate surface area is 311 Å². The molecule has 0 bridgehead atoms. The van der Waals surface area contributed by atoms with Crippen LogP contribution in [-0.2, 0) is 9.59 Å². The molecule has 12 heteroatoms. The number of carbonyl (C=O) groups is 3. The van der Waals surface area contributed by atoms with E-state index in [4.69, 9.17) is 4.98 Å². The highest BCUT2D eigenvalue weighted by Crippen LogP contribution is 2.35. The number of benzene rings is 2. The van der Waals surface area contributed by atoms with Gasteiger partial charge in [0.25, 0.3) is 5.91 Å². The summed E-state index contributed by atoms with van der Waals surface area (Å²) in [4.78, 5) is 55.8. The van der Waals surface area contributed by atoms with Gasteiger partial charge in [0.05, 0.1) is 5.92 Å². The zero-order valence-electron chi connectivity index (χ0n) is 31.0. The van der Waals surface area contributed by atoms with Crippen molar-refractivity contribution >= 4 is 51.8 Å². The lowest BCUT2D eigenvalue weighted by Gasteiger charge is -2.40. The summed E-state index contributed by atoms with van der Waals surface area (Å²) < 4.78 is 2.15. The number of piperazine rings is 1. The van der Waals surface area contributed by atoms with Crippen molar-refractivity contribution in [3.63, 3.8) is 0 Å². The van der Waals surface area contributed by atoms with E-state index in [2.05, 4.69) is 71.3 Å². The summed E-state index contributed by atoms with van der Waals surface area (Å²) in [6.07, 6.45) is 9.60. The molecule has 2 N–H and O–H groups in total. The molecule has 1 atom stereocenters. The molecule has 5 heterocycles. The van der Waals surface area contributed by atoms with E-state index in [0.717, 1.165) is 93.8 Å². The van der Waals surface area contributed by atoms with Crippen molar-refractivity contribution in [1.29, 1.82) is 0 Å². The Hall–Kier alpha value is -4.97. The van der Waals surface area contributed by atoms with E-state index in [1.807, 2.05) is 24.4 Å². The van der Waals surface area contributed by atoms with Crippen LogP contribution >= 0.6 is 0 Å². The SMILES string of the molecule is CN(C)C(=O)c1cc2cnc(Nc3ccc(N4CCN(CC5CCN(c6cccc(C7CCC(=O)NC7=O)c6)CC5)CC4)cc3)nc2n1C1CCCC1. The van der Waals surface area contributed by atoms with Crippen LogP contribution in [0.5, 0.6) is 0 Å². The van der Waals surface area contributed by atoms with Gasteiger partial charge in [-0.1, -0.05) is 25.0 Å². The summed E-state index contributed by atoms with van der Waals surface area (Å²) in [6.45, 7) is 7.30. The number of fused-ring (bicyclic) bond motifs is 1. The number of anilines is 4. The van der Waals surface area contributed by atoms with E-state index in [1.165, 1.54) is 24.2 Å². The highest BCUT2D eigenvalue weighted by molar-refractivity contribution is 6.01. The van der Waals surface area contributed by atoms with Crippen LogP contribution in [0.1, 0.15) is 79.4 Å². The molecule has 2 aromatic heterocycles. The molecule has 3 aliphatic heterocycles. The molecule has 8 rings (SSSR count). The Morgan fingerprint density at radius 3 is 2.32 bits per heavy atom. The molecule has 0 radical (unpaired) electrons. The van der Waals surface area contributed by atoms with Crippen LogP contribution in [0.15, 0.2) is 60.8 Å². The largest absolute Gasteiger partial charge is 0.372 e. The summed E-state index contributed by atoms with van der Waals surface area (Å²) in [7, 11) is 3.59. The number of nitrogens with zero attached hydrogens (tertiary/aromatic N) is 7. The van der Waals surface area contributed by atoms with Gasteiger partial charge in [-0.05, 0) is 86.1 Å². The second-order valence-electron chi connectivity index (χ2n) is 15.5. The van der Waals surface area contributed by atoms with Crippen LogP contribution in [0, 0.1) is 5.92 Å². The van der Waals surface area contributed by atoms with E-state index < -0.39 is 0 Å². The first-order valence-corrected chi connectivity index (χ1v) is 19.4. The smallest absolute Gasteiger partial charge is 0.270 e. The molecule has 1 unspecified atom stereocenters. The molecule has 2 aromatic carbocycles. The molecule has 4 aromatic rings. The minimum Gasteiger partial charge on any atom is -0.372 e. The third-order valence-electron chi connectivity index (χ3n) is 11.8. The Balaban J connectivity index is 0.826. The lowest BCUT2D eigenvalue weighted by molar-refractivity contribution is -0.134. The number of piperidine rings is 2. The van der Waals surface area contributed by atoms with Gasteiger partial charge in [-0.15, -0.1) is 0 Å². The first kappa shape index (κ1) is 35.1. The molecule has 53 heavy (non-hydrogen) atoms. The van der Waals surface area contributed by atoms with Gasteiger partial charge in [0.2, 0.25) is 17.8 Å². The van der Waals surface area contributed by atoms with E-state index in [-0.39, 0.29) is 29.7 Å². The maximum atomic E-state index is 13.1. The number of hydrogen-bond donors (Lipinski definition) is 2. The van der Waals surface area contributed by atoms with Gasteiger partial charge < -0.3 is 24.6 Å². The maximum Gasteiger partial charge on any atom is 0.270 e. The van der Waals surface area contributed by atoms with Crippen LogP contribution in [-0.4, -0.2) is 102 Å². The van der Waals surface area contributed by atoms with Crippen molar-refractivity contribution in [2.75, 3.05) is 75.0 Å². The number of hydrogen-bond acceptors (Lipinski definition) is 9. The highest BCUT2D eigenvalue weighted by Gasteiger charge is 2.30. The summed E-state index contributed by atoms with van der Waals surface area (Å²) in [5.74, 6) is 0.623. The number of carbonyl (C=O) groups excluding carboxylic acids is 3. The van der Waals surface area contributed by atoms with Crippen molar-refractivity contribution in [2.45, 2.75) is 63.3 Å². The Morgan fingerprint density at radius 1 is 0.868 bits per heavy atom. The lowest BCUT2D eigenvalue weighted by Crippen LogP contribution is -2.49. The Morgan fingerprint density at radius 2 is 1.60 bits per heavy atom. The van der Waals surface area contributed by atoms with Crippen LogP contribution in [0.25, 0.3) is 11.0 Å². The zero-order chi connectivity index (χ0) is 36.5. The molecular formula is C41H51N9O3. The summed E-state index contributed by atoms with van der Waals surface area (Å²) >= 11 is 0. The van der Waals surface area contributed by atoms with Gasteiger partial charge in [0.1, 0.15) is 11.3 Å². The molecule has 0 spiro atoms. The number of amides is 3. The lowest BCUT2D eigenvalue weighted by atomic mass is 9.90. The molecule has 278 valence electrons. The van der Waals surface area contributed by atoms with Gasteiger partial charge in [-0.3, -0.25) is 24.6 Å². The third kappa shape index (κ3) is 7.60. The molecule has 3 saturated heterocycles. The first-order valence-electron chi connectivity index (χ1n) is 19.4. The Kier molecular flexibility index (Phi) is 10.0. The van der Waals surface area contributed by atoms with E-state index in [0.29, 0.717) is 30.4 Å². The zero-order valence-corrected chi connectivity index (χ0v) is 31.0. The van der Waals surface area contributed by atoms with Gasteiger partial charge in [0, 0.05) is 101 Å². The van der Waals surface area contributed by atoms with E-state index >= 15 is 0 Å². The van der Waals surface area contributed by atoms with Crippen molar-refractivity contribution in [2.24, 2.45) is 5.92 Å². The van der Waals surface area contributed by atoms with Crippen molar-refractivity contribution in [1.82, 2.24) is 29.7 Å². The Bertz CT molecular complexity index is 1950. The standard InChI is InChI=1S/C41H51N9O3/c1-46(2)40(53)36-25-30-26-42-41(45-38(30)50(36)33-7-3-4-8-33)43-31-10-12-32(13-11-31)49-22-20-47(21-23-49)27-28-16-18-48(19-17-28)34-9-5-6-29(24-34)35-14-15-37(51)44-39(35)52/h5-6,9-13,24-26,28,33,35H,3-4,7-8,14-23,27H2,1-2H3,(H,42,43,45)(H,44,51,52). The normalized spacial score (nSPS) is 20.6. The summed E-state index contributed by atoms with van der Waals surface area (Å²) in [5.41, 5.74) is 5.84. The second-order valence-corrected chi connectivity index (χ2v) is 15.5. The van der Waals surface area contributed by atoms with Crippen LogP contribution < -0.4 is 20.4 Å². The highest BCUT2D eigenvalue weighted by atomic mass is 16.2. The second kappa shape index (κ2) is 15.2. The molecular weight excluding hydrogens is 667 g/mol. The fraction of sp³-hybridized carbons (Fsp3) is 0.488. The number of rotatable bonds is 9. The van der Waals surface area contributed by atoms with Gasteiger partial charge in [-0.2, -0.15) is 4.98 Å². The molecule has 12 nitrogen and oxygen atoms in total. The van der Waals surface area contributed by atoms with Gasteiger partial charge in [-0.25, -0.2) is 4.98 Å². The van der Waals surface area contributed by atoms with Crippen LogP contribution in [0.4, 0.5) is 23.0 Å². The predicted molar refractivity (Wildman–Crippen MR) is 208 cm³/mol.